The van der Waals surface area contributed by atoms with Crippen LogP contribution in [-0.2, 0) is 4.79 Å². The van der Waals surface area contributed by atoms with Gasteiger partial charge in [-0.3, -0.25) is 4.79 Å². The number of carbonyl (C=O) groups is 1. The maximum Gasteiger partial charge on any atom is 0.295 e. The molecule has 2 rings (SSSR count). The zero-order valence-corrected chi connectivity index (χ0v) is 14.0. The number of anilines is 1. The predicted molar refractivity (Wildman–Crippen MR) is 87.2 cm³/mol. The fourth-order valence-electron chi connectivity index (χ4n) is 1.79. The molecular weight excluding hydrogens is 334 g/mol. The number of hydrogen-bond donors (Lipinski definition) is 2. The topological polar surface area (TPSA) is 67.2 Å². The molecule has 2 N–H and O–H groups in total. The second-order valence-electron chi connectivity index (χ2n) is 5.52. The molecule has 1 heterocycles. The molecule has 1 aromatic heterocycles. The molecule has 0 aliphatic rings. The van der Waals surface area contributed by atoms with Gasteiger partial charge in [-0.1, -0.05) is 36.7 Å². The number of hydrogen-bond acceptors (Lipinski definition) is 4. The van der Waals surface area contributed by atoms with Crippen LogP contribution in [0.5, 0.6) is 0 Å². The van der Waals surface area contributed by atoms with Crippen LogP contribution in [0.1, 0.15) is 20.8 Å². The van der Waals surface area contributed by atoms with E-state index in [4.69, 9.17) is 4.42 Å². The summed E-state index contributed by atoms with van der Waals surface area (Å²) in [7, 11) is 0. The molecule has 0 saturated heterocycles. The number of oxazole rings is 1. The maximum atomic E-state index is 11.5. The van der Waals surface area contributed by atoms with Crippen LogP contribution < -0.4 is 10.6 Å². The summed E-state index contributed by atoms with van der Waals surface area (Å²) in [6, 6.07) is 6.21. The average Bonchev–Trinajstić information content (AvgIpc) is 2.84. The van der Waals surface area contributed by atoms with E-state index in [-0.39, 0.29) is 17.7 Å². The molecule has 1 aromatic carbocycles. The molecule has 1 atom stereocenters. The molecule has 1 unspecified atom stereocenters. The molecule has 0 bridgehead atoms. The number of amides is 1. The molecule has 0 saturated carbocycles. The summed E-state index contributed by atoms with van der Waals surface area (Å²) < 4.78 is 6.58. The lowest BCUT2D eigenvalue weighted by Crippen LogP contribution is -2.33. The normalized spacial score (nSPS) is 12.6. The van der Waals surface area contributed by atoms with E-state index in [2.05, 4.69) is 38.5 Å². The minimum Gasteiger partial charge on any atom is -0.424 e. The Balaban J connectivity index is 1.85. The standard InChI is InChI=1S/C15H20BrN3O2/c1-9(2)14(20)17-7-10(3)8-18-15-19-12-6-11(16)4-5-13(12)21-15/h4-6,9-10H,7-8H2,1-3H3,(H,17,20)(H,18,19). The molecule has 0 aliphatic heterocycles. The van der Waals surface area contributed by atoms with Gasteiger partial charge in [-0.05, 0) is 24.1 Å². The van der Waals surface area contributed by atoms with Crippen molar-refractivity contribution in [2.75, 3.05) is 18.4 Å². The third kappa shape index (κ3) is 4.46. The van der Waals surface area contributed by atoms with Gasteiger partial charge in [0, 0.05) is 23.5 Å². The Hall–Kier alpha value is -1.56. The summed E-state index contributed by atoms with van der Waals surface area (Å²) in [4.78, 5) is 15.9. The van der Waals surface area contributed by atoms with Crippen molar-refractivity contribution in [3.63, 3.8) is 0 Å². The molecule has 114 valence electrons. The van der Waals surface area contributed by atoms with Crippen LogP contribution in [0.2, 0.25) is 0 Å². The molecule has 0 spiro atoms. The zero-order valence-electron chi connectivity index (χ0n) is 12.4. The lowest BCUT2D eigenvalue weighted by atomic mass is 10.1. The van der Waals surface area contributed by atoms with Crippen LogP contribution >= 0.6 is 15.9 Å². The van der Waals surface area contributed by atoms with Gasteiger partial charge in [0.2, 0.25) is 5.91 Å². The first-order chi connectivity index (χ1) is 9.95. The second-order valence-corrected chi connectivity index (χ2v) is 6.43. The van der Waals surface area contributed by atoms with Gasteiger partial charge in [0.05, 0.1) is 0 Å². The van der Waals surface area contributed by atoms with Gasteiger partial charge in [-0.25, -0.2) is 0 Å². The first kappa shape index (κ1) is 15.8. The summed E-state index contributed by atoms with van der Waals surface area (Å²) in [6.07, 6.45) is 0. The van der Waals surface area contributed by atoms with Gasteiger partial charge in [0.15, 0.2) is 5.58 Å². The van der Waals surface area contributed by atoms with Gasteiger partial charge in [-0.2, -0.15) is 4.98 Å². The fraction of sp³-hybridized carbons (Fsp3) is 0.467. The van der Waals surface area contributed by atoms with Gasteiger partial charge >= 0.3 is 0 Å². The van der Waals surface area contributed by atoms with Crippen LogP contribution in [-0.4, -0.2) is 24.0 Å². The first-order valence-corrected chi connectivity index (χ1v) is 7.82. The van der Waals surface area contributed by atoms with Gasteiger partial charge in [0.25, 0.3) is 6.01 Å². The largest absolute Gasteiger partial charge is 0.424 e. The number of nitrogens with zero attached hydrogens (tertiary/aromatic N) is 1. The van der Waals surface area contributed by atoms with Crippen molar-refractivity contribution in [2.24, 2.45) is 11.8 Å². The molecule has 6 heteroatoms. The highest BCUT2D eigenvalue weighted by atomic mass is 79.9. The second kappa shape index (κ2) is 6.93. The molecule has 0 aliphatic carbocycles. The van der Waals surface area contributed by atoms with E-state index in [1.807, 2.05) is 32.0 Å². The van der Waals surface area contributed by atoms with E-state index in [0.717, 1.165) is 15.6 Å². The Morgan fingerprint density at radius 1 is 1.33 bits per heavy atom. The van der Waals surface area contributed by atoms with E-state index in [9.17, 15) is 4.79 Å². The molecule has 0 fully saturated rings. The SMILES string of the molecule is CC(CNC(=O)C(C)C)CNc1nc2cc(Br)ccc2o1. The molecule has 5 nitrogen and oxygen atoms in total. The summed E-state index contributed by atoms with van der Waals surface area (Å²) in [5.41, 5.74) is 1.56. The monoisotopic (exact) mass is 353 g/mol. The summed E-state index contributed by atoms with van der Waals surface area (Å²) in [5.74, 6) is 0.378. The lowest BCUT2D eigenvalue weighted by molar-refractivity contribution is -0.124. The van der Waals surface area contributed by atoms with Crippen molar-refractivity contribution < 1.29 is 9.21 Å². The van der Waals surface area contributed by atoms with E-state index in [1.54, 1.807) is 0 Å². The predicted octanol–water partition coefficient (Wildman–Crippen LogP) is 3.41. The highest BCUT2D eigenvalue weighted by Crippen LogP contribution is 2.22. The van der Waals surface area contributed by atoms with Crippen molar-refractivity contribution in [2.45, 2.75) is 20.8 Å². The van der Waals surface area contributed by atoms with Crippen molar-refractivity contribution in [3.05, 3.63) is 22.7 Å². The molecule has 21 heavy (non-hydrogen) atoms. The highest BCUT2D eigenvalue weighted by Gasteiger charge is 2.10. The van der Waals surface area contributed by atoms with E-state index in [0.29, 0.717) is 19.1 Å². The lowest BCUT2D eigenvalue weighted by Gasteiger charge is -2.13. The Kier molecular flexibility index (Phi) is 5.22. The van der Waals surface area contributed by atoms with Crippen LogP contribution in [0.3, 0.4) is 0 Å². The smallest absolute Gasteiger partial charge is 0.295 e. The van der Waals surface area contributed by atoms with Crippen molar-refractivity contribution >= 4 is 39.0 Å². The third-order valence-electron chi connectivity index (χ3n) is 3.10. The minimum atomic E-state index is 0.0145. The number of halogens is 1. The molecule has 2 aromatic rings. The Labute approximate surface area is 132 Å². The Morgan fingerprint density at radius 2 is 2.10 bits per heavy atom. The van der Waals surface area contributed by atoms with Crippen LogP contribution in [0.15, 0.2) is 27.1 Å². The zero-order chi connectivity index (χ0) is 15.4. The third-order valence-corrected chi connectivity index (χ3v) is 3.59. The molecule has 1 amide bonds. The number of aromatic nitrogens is 1. The Morgan fingerprint density at radius 3 is 2.81 bits per heavy atom. The summed E-state index contributed by atoms with van der Waals surface area (Å²) in [6.45, 7) is 7.15. The highest BCUT2D eigenvalue weighted by molar-refractivity contribution is 9.10. The summed E-state index contributed by atoms with van der Waals surface area (Å²) in [5, 5.41) is 6.08. The van der Waals surface area contributed by atoms with E-state index < -0.39 is 0 Å². The minimum absolute atomic E-state index is 0.0145. The Bertz CT molecular complexity index is 624. The molecule has 0 radical (unpaired) electrons. The number of benzene rings is 1. The van der Waals surface area contributed by atoms with E-state index >= 15 is 0 Å². The maximum absolute atomic E-state index is 11.5. The van der Waals surface area contributed by atoms with Crippen LogP contribution in [0.25, 0.3) is 11.1 Å². The van der Waals surface area contributed by atoms with Crippen LogP contribution in [0, 0.1) is 11.8 Å². The van der Waals surface area contributed by atoms with Crippen molar-refractivity contribution in [1.29, 1.82) is 0 Å². The number of fused-ring (bicyclic) bond motifs is 1. The van der Waals surface area contributed by atoms with Crippen LogP contribution in [0.4, 0.5) is 6.01 Å². The van der Waals surface area contributed by atoms with Crippen molar-refractivity contribution in [1.82, 2.24) is 10.3 Å². The van der Waals surface area contributed by atoms with E-state index in [1.165, 1.54) is 0 Å². The number of carbonyl (C=O) groups excluding carboxylic acids is 1. The number of nitrogens with one attached hydrogen (secondary N) is 2. The van der Waals surface area contributed by atoms with Crippen molar-refractivity contribution in [3.8, 4) is 0 Å². The summed E-state index contributed by atoms with van der Waals surface area (Å²) >= 11 is 3.41. The fourth-order valence-corrected chi connectivity index (χ4v) is 2.14. The van der Waals surface area contributed by atoms with Gasteiger partial charge in [0.1, 0.15) is 5.52 Å². The quantitative estimate of drug-likeness (QED) is 0.834. The number of rotatable bonds is 6. The molecular formula is C15H20BrN3O2. The van der Waals surface area contributed by atoms with Gasteiger partial charge in [-0.15, -0.1) is 0 Å². The van der Waals surface area contributed by atoms with Gasteiger partial charge < -0.3 is 15.1 Å². The average molecular weight is 354 g/mol. The first-order valence-electron chi connectivity index (χ1n) is 7.03.